The molecule has 1 aliphatic heterocycles. The summed E-state index contributed by atoms with van der Waals surface area (Å²) in [7, 11) is 1.81. The fourth-order valence-electron chi connectivity index (χ4n) is 5.85. The highest BCUT2D eigenvalue weighted by molar-refractivity contribution is 5.88. The van der Waals surface area contributed by atoms with Crippen molar-refractivity contribution in [3.8, 4) is 22.9 Å². The molecular formula is C26H24FN7O. The molecular weight excluding hydrogens is 445 g/mol. The third kappa shape index (κ3) is 3.22. The van der Waals surface area contributed by atoms with E-state index >= 15 is 0 Å². The largest absolute Gasteiger partial charge is 0.424 e. The third-order valence-electron chi connectivity index (χ3n) is 7.65. The van der Waals surface area contributed by atoms with Crippen LogP contribution in [0.2, 0.25) is 0 Å². The van der Waals surface area contributed by atoms with Crippen LogP contribution >= 0.6 is 0 Å². The van der Waals surface area contributed by atoms with Crippen LogP contribution in [0.1, 0.15) is 17.7 Å². The fourth-order valence-corrected chi connectivity index (χ4v) is 5.85. The molecule has 1 saturated carbocycles. The van der Waals surface area contributed by atoms with Gasteiger partial charge in [0.2, 0.25) is 0 Å². The van der Waals surface area contributed by atoms with Crippen molar-refractivity contribution < 1.29 is 9.13 Å². The van der Waals surface area contributed by atoms with Crippen molar-refractivity contribution in [2.75, 3.05) is 30.4 Å². The first kappa shape index (κ1) is 20.5. The third-order valence-corrected chi connectivity index (χ3v) is 7.65. The number of benzene rings is 2. The fraction of sp³-hybridized carbons (Fsp3) is 0.308. The summed E-state index contributed by atoms with van der Waals surface area (Å²) in [4.78, 5) is 20.3. The molecule has 7 rings (SSSR count). The molecule has 9 heteroatoms. The monoisotopic (exact) mass is 469 g/mol. The number of nitrogens with two attached hydrogens (primary N) is 1. The maximum Gasteiger partial charge on any atom is 0.324 e. The molecule has 3 heterocycles. The Bertz CT molecular complexity index is 1490. The lowest BCUT2D eigenvalue weighted by molar-refractivity contribution is 0.194. The van der Waals surface area contributed by atoms with Gasteiger partial charge in [0.1, 0.15) is 23.7 Å². The topological polar surface area (TPSA) is 102 Å². The van der Waals surface area contributed by atoms with Gasteiger partial charge in [-0.05, 0) is 53.6 Å². The average molecular weight is 470 g/mol. The Labute approximate surface area is 201 Å². The maximum atomic E-state index is 14.5. The number of ether oxygens (including phenoxy) is 1. The first-order chi connectivity index (χ1) is 17.1. The van der Waals surface area contributed by atoms with Crippen molar-refractivity contribution in [1.82, 2.24) is 19.9 Å². The van der Waals surface area contributed by atoms with Crippen LogP contribution < -0.4 is 20.7 Å². The highest BCUT2D eigenvalue weighted by atomic mass is 19.1. The molecule has 0 radical (unpaired) electrons. The van der Waals surface area contributed by atoms with E-state index in [-0.39, 0.29) is 17.9 Å². The van der Waals surface area contributed by atoms with Crippen molar-refractivity contribution in [2.24, 2.45) is 17.6 Å². The van der Waals surface area contributed by atoms with Crippen LogP contribution in [0.3, 0.4) is 0 Å². The minimum atomic E-state index is -0.283. The van der Waals surface area contributed by atoms with Gasteiger partial charge in [-0.3, -0.25) is 0 Å². The van der Waals surface area contributed by atoms with Gasteiger partial charge in [-0.15, -0.1) is 0 Å². The standard InChI is InChI=1S/C26H24FN7O/c1-29-22-6-15(27)5-18-17(22)8-23-24(18)25(34-10-14-4-20(28)19(14)11-34)33-26(32-23)35-16-3-2-13-9-30-12-31-21(13)7-16/h2-3,5-7,9,12,14,19-20,29H,4,8,10-11,28H2,1H3. The molecule has 3 aliphatic rings. The van der Waals surface area contributed by atoms with Gasteiger partial charge in [0.25, 0.3) is 0 Å². The lowest BCUT2D eigenvalue weighted by Crippen LogP contribution is -2.46. The zero-order valence-corrected chi connectivity index (χ0v) is 19.2. The molecule has 4 aromatic rings. The molecule has 2 aromatic carbocycles. The van der Waals surface area contributed by atoms with E-state index in [0.29, 0.717) is 24.0 Å². The molecule has 0 amide bonds. The Balaban J connectivity index is 1.33. The number of rotatable bonds is 4. The second-order valence-corrected chi connectivity index (χ2v) is 9.63. The molecule has 35 heavy (non-hydrogen) atoms. The van der Waals surface area contributed by atoms with E-state index in [4.69, 9.17) is 20.4 Å². The molecule has 3 unspecified atom stereocenters. The number of aromatic nitrogens is 4. The van der Waals surface area contributed by atoms with Gasteiger partial charge in [0.15, 0.2) is 0 Å². The number of anilines is 2. The molecule has 3 N–H and O–H groups in total. The van der Waals surface area contributed by atoms with E-state index in [1.807, 2.05) is 25.2 Å². The Hall–Kier alpha value is -3.85. The second-order valence-electron chi connectivity index (χ2n) is 9.63. The molecule has 8 nitrogen and oxygen atoms in total. The summed E-state index contributed by atoms with van der Waals surface area (Å²) in [5, 5.41) is 4.06. The minimum absolute atomic E-state index is 0.232. The van der Waals surface area contributed by atoms with E-state index in [1.165, 1.54) is 12.4 Å². The van der Waals surface area contributed by atoms with Gasteiger partial charge in [-0.2, -0.15) is 9.97 Å². The molecule has 2 fully saturated rings. The van der Waals surface area contributed by atoms with Crippen molar-refractivity contribution >= 4 is 22.4 Å². The molecule has 2 aromatic heterocycles. The van der Waals surface area contributed by atoms with E-state index in [1.54, 1.807) is 12.3 Å². The van der Waals surface area contributed by atoms with E-state index < -0.39 is 0 Å². The van der Waals surface area contributed by atoms with E-state index in [9.17, 15) is 4.39 Å². The molecule has 0 spiro atoms. The molecule has 176 valence electrons. The summed E-state index contributed by atoms with van der Waals surface area (Å²) in [6.45, 7) is 1.73. The Morgan fingerprint density at radius 2 is 2.09 bits per heavy atom. The lowest BCUT2D eigenvalue weighted by atomic mass is 9.72. The zero-order valence-electron chi connectivity index (χ0n) is 19.2. The second kappa shape index (κ2) is 7.58. The summed E-state index contributed by atoms with van der Waals surface area (Å²) >= 11 is 0. The van der Waals surface area contributed by atoms with Gasteiger partial charge >= 0.3 is 6.01 Å². The van der Waals surface area contributed by atoms with Crippen LogP contribution in [-0.4, -0.2) is 46.1 Å². The van der Waals surface area contributed by atoms with Crippen LogP contribution in [0.15, 0.2) is 42.9 Å². The lowest BCUT2D eigenvalue weighted by Gasteiger charge is -2.36. The number of nitrogens with one attached hydrogen (secondary N) is 1. The SMILES string of the molecule is CNc1cc(F)cc2c1Cc1nc(Oc3ccc4cncnc4c3)nc(N3CC4CC(N)C4C3)c1-2. The maximum absolute atomic E-state index is 14.5. The van der Waals surface area contributed by atoms with Crippen LogP contribution in [0, 0.1) is 17.7 Å². The summed E-state index contributed by atoms with van der Waals surface area (Å²) < 4.78 is 20.7. The smallest absolute Gasteiger partial charge is 0.324 e. The molecule has 2 aliphatic carbocycles. The predicted molar refractivity (Wildman–Crippen MR) is 131 cm³/mol. The summed E-state index contributed by atoms with van der Waals surface area (Å²) in [6.07, 6.45) is 4.89. The first-order valence-electron chi connectivity index (χ1n) is 11.9. The molecule has 3 atom stereocenters. The first-order valence-corrected chi connectivity index (χ1v) is 11.9. The van der Waals surface area contributed by atoms with Crippen LogP contribution in [-0.2, 0) is 6.42 Å². The van der Waals surface area contributed by atoms with Crippen molar-refractivity contribution in [3.63, 3.8) is 0 Å². The molecule has 0 bridgehead atoms. The highest BCUT2D eigenvalue weighted by Crippen LogP contribution is 2.48. The number of hydrogen-bond donors (Lipinski definition) is 2. The Kier molecular flexibility index (Phi) is 4.44. The average Bonchev–Trinajstić information content (AvgIpc) is 3.40. The quantitative estimate of drug-likeness (QED) is 0.410. The van der Waals surface area contributed by atoms with E-state index in [2.05, 4.69) is 20.2 Å². The van der Waals surface area contributed by atoms with Gasteiger partial charge in [-0.1, -0.05) is 0 Å². The van der Waals surface area contributed by atoms with Crippen LogP contribution in [0.25, 0.3) is 22.0 Å². The van der Waals surface area contributed by atoms with Crippen molar-refractivity contribution in [3.05, 3.63) is 59.9 Å². The van der Waals surface area contributed by atoms with Crippen molar-refractivity contribution in [1.29, 1.82) is 0 Å². The summed E-state index contributed by atoms with van der Waals surface area (Å²) in [5.41, 5.74) is 11.4. The minimum Gasteiger partial charge on any atom is -0.424 e. The predicted octanol–water partition coefficient (Wildman–Crippen LogP) is 3.75. The number of halogens is 1. The Morgan fingerprint density at radius 3 is 2.91 bits per heavy atom. The zero-order chi connectivity index (χ0) is 23.7. The van der Waals surface area contributed by atoms with Gasteiger partial charge < -0.3 is 20.7 Å². The van der Waals surface area contributed by atoms with Crippen LogP contribution in [0.5, 0.6) is 11.8 Å². The van der Waals surface area contributed by atoms with Gasteiger partial charge in [0, 0.05) is 61.5 Å². The van der Waals surface area contributed by atoms with Crippen LogP contribution in [0.4, 0.5) is 15.9 Å². The number of fused-ring (bicyclic) bond motifs is 5. The number of nitrogens with zero attached hydrogens (tertiary/aromatic N) is 5. The normalized spacial score (nSPS) is 21.9. The van der Waals surface area contributed by atoms with Gasteiger partial charge in [0.05, 0.1) is 11.2 Å². The summed E-state index contributed by atoms with van der Waals surface area (Å²) in [5.74, 6) is 2.14. The van der Waals surface area contributed by atoms with Crippen molar-refractivity contribution in [2.45, 2.75) is 18.9 Å². The Morgan fingerprint density at radius 1 is 1.17 bits per heavy atom. The molecule has 1 saturated heterocycles. The van der Waals surface area contributed by atoms with E-state index in [0.717, 1.165) is 64.3 Å². The highest BCUT2D eigenvalue weighted by Gasteiger charge is 2.46. The number of hydrogen-bond acceptors (Lipinski definition) is 8. The summed E-state index contributed by atoms with van der Waals surface area (Å²) in [6, 6.07) is 9.25. The van der Waals surface area contributed by atoms with Gasteiger partial charge in [-0.25, -0.2) is 14.4 Å².